The van der Waals surface area contributed by atoms with Crippen molar-refractivity contribution in [3.8, 4) is 0 Å². The number of nitrogens with zero attached hydrogens (tertiary/aromatic N) is 1. The number of hydrogen-bond donors (Lipinski definition) is 2. The van der Waals surface area contributed by atoms with Crippen molar-refractivity contribution in [1.29, 1.82) is 0 Å². The highest BCUT2D eigenvalue weighted by Gasteiger charge is 2.56. The molecule has 2 aliphatic carbocycles. The number of ether oxygens (including phenoxy) is 1. The molecule has 8 heteroatoms. The molecule has 4 rings (SSSR count). The summed E-state index contributed by atoms with van der Waals surface area (Å²) in [6, 6.07) is 5.50. The monoisotopic (exact) mass is 483 g/mol. The molecule has 4 amide bonds. The lowest BCUT2D eigenvalue weighted by Gasteiger charge is -2.43. The smallest absolute Gasteiger partial charge is 0.326 e. The second-order valence-electron chi connectivity index (χ2n) is 11.4. The van der Waals surface area contributed by atoms with Crippen LogP contribution in [0.15, 0.2) is 18.2 Å². The summed E-state index contributed by atoms with van der Waals surface area (Å²) in [4.78, 5) is 51.4. The van der Waals surface area contributed by atoms with Gasteiger partial charge in [0.05, 0.1) is 6.04 Å². The molecule has 0 bridgehead atoms. The van der Waals surface area contributed by atoms with E-state index in [-0.39, 0.29) is 23.3 Å². The second kappa shape index (κ2) is 9.63. The highest BCUT2D eigenvalue weighted by atomic mass is 16.5. The number of esters is 1. The topological polar surface area (TPSA) is 105 Å². The Hall–Kier alpha value is -2.90. The van der Waals surface area contributed by atoms with Crippen molar-refractivity contribution >= 4 is 23.8 Å². The van der Waals surface area contributed by atoms with Gasteiger partial charge < -0.3 is 15.4 Å². The van der Waals surface area contributed by atoms with Crippen LogP contribution in [0.25, 0.3) is 0 Å². The van der Waals surface area contributed by atoms with E-state index in [0.29, 0.717) is 12.8 Å². The van der Waals surface area contributed by atoms with E-state index in [0.717, 1.165) is 29.7 Å². The summed E-state index contributed by atoms with van der Waals surface area (Å²) in [7, 11) is 0. The molecule has 1 saturated heterocycles. The number of rotatable bonds is 6. The van der Waals surface area contributed by atoms with Crippen molar-refractivity contribution in [3.63, 3.8) is 0 Å². The normalized spacial score (nSPS) is 26.2. The minimum Gasteiger partial charge on any atom is -0.454 e. The second-order valence-corrected chi connectivity index (χ2v) is 11.4. The van der Waals surface area contributed by atoms with Gasteiger partial charge in [-0.25, -0.2) is 4.79 Å². The molecule has 0 aromatic heterocycles. The van der Waals surface area contributed by atoms with E-state index in [1.807, 2.05) is 13.0 Å². The van der Waals surface area contributed by atoms with Crippen molar-refractivity contribution in [2.24, 2.45) is 11.3 Å². The Kier molecular flexibility index (Phi) is 6.93. The van der Waals surface area contributed by atoms with Crippen LogP contribution in [0.2, 0.25) is 0 Å². The highest BCUT2D eigenvalue weighted by molar-refractivity contribution is 6.08. The van der Waals surface area contributed by atoms with E-state index in [1.54, 1.807) is 0 Å². The van der Waals surface area contributed by atoms with E-state index >= 15 is 0 Å². The molecule has 0 radical (unpaired) electrons. The van der Waals surface area contributed by atoms with Crippen molar-refractivity contribution in [1.82, 2.24) is 15.5 Å². The molecular weight excluding hydrogens is 446 g/mol. The molecule has 8 nitrogen and oxygen atoms in total. The van der Waals surface area contributed by atoms with Gasteiger partial charge in [-0.2, -0.15) is 0 Å². The van der Waals surface area contributed by atoms with E-state index in [9.17, 15) is 19.2 Å². The van der Waals surface area contributed by atoms with Crippen LogP contribution in [0.4, 0.5) is 4.79 Å². The van der Waals surface area contributed by atoms with E-state index in [2.05, 4.69) is 43.5 Å². The first kappa shape index (κ1) is 25.2. The molecule has 1 spiro atoms. The number of aryl methyl sites for hydroxylation is 2. The Morgan fingerprint density at radius 2 is 1.89 bits per heavy atom. The van der Waals surface area contributed by atoms with Crippen LogP contribution in [-0.2, 0) is 32.0 Å². The fourth-order valence-electron chi connectivity index (χ4n) is 6.36. The minimum absolute atomic E-state index is 0.0933. The standard InChI is InChI=1S/C27H37N3O5/c1-17-12-26(3,4)16-27(13-17)24(33)30(25(34)29-27)14-23(32)35-15-22(31)28-18(2)20-10-9-19-7-5-6-8-21(19)11-20/h9-11,17-18H,5-8,12-16H2,1-4H3,(H,28,31)(H,29,34). The summed E-state index contributed by atoms with van der Waals surface area (Å²) in [5.74, 6) is -1.33. The minimum atomic E-state index is -0.972. The summed E-state index contributed by atoms with van der Waals surface area (Å²) in [6.07, 6.45) is 6.61. The Morgan fingerprint density at radius 3 is 2.60 bits per heavy atom. The van der Waals surface area contributed by atoms with Gasteiger partial charge in [-0.3, -0.25) is 19.3 Å². The summed E-state index contributed by atoms with van der Waals surface area (Å²) in [5.41, 5.74) is 2.66. The van der Waals surface area contributed by atoms with Gasteiger partial charge in [0.2, 0.25) is 0 Å². The summed E-state index contributed by atoms with van der Waals surface area (Å²) < 4.78 is 5.10. The molecule has 1 aromatic rings. The van der Waals surface area contributed by atoms with Crippen LogP contribution in [0.5, 0.6) is 0 Å². The third kappa shape index (κ3) is 5.52. The first-order valence-corrected chi connectivity index (χ1v) is 12.7. The van der Waals surface area contributed by atoms with Crippen molar-refractivity contribution < 1.29 is 23.9 Å². The van der Waals surface area contributed by atoms with Crippen LogP contribution < -0.4 is 10.6 Å². The number of amides is 4. The molecule has 3 aliphatic rings. The van der Waals surface area contributed by atoms with Gasteiger partial charge in [-0.1, -0.05) is 39.0 Å². The molecule has 3 atom stereocenters. The Morgan fingerprint density at radius 1 is 1.17 bits per heavy atom. The molecule has 1 aliphatic heterocycles. The molecule has 3 unspecified atom stereocenters. The third-order valence-electron chi connectivity index (χ3n) is 7.53. The average molecular weight is 484 g/mol. The van der Waals surface area contributed by atoms with Crippen LogP contribution in [0.3, 0.4) is 0 Å². The predicted molar refractivity (Wildman–Crippen MR) is 130 cm³/mol. The molecule has 190 valence electrons. The van der Waals surface area contributed by atoms with Crippen LogP contribution in [0, 0.1) is 11.3 Å². The molecule has 1 saturated carbocycles. The number of imide groups is 1. The summed E-state index contributed by atoms with van der Waals surface area (Å²) in [6.45, 7) is 7.17. The van der Waals surface area contributed by atoms with Gasteiger partial charge in [-0.05, 0) is 79.9 Å². The number of nitrogens with one attached hydrogen (secondary N) is 2. The lowest BCUT2D eigenvalue weighted by molar-refractivity contribution is -0.151. The fraction of sp³-hybridized carbons (Fsp3) is 0.630. The lowest BCUT2D eigenvalue weighted by Crippen LogP contribution is -2.54. The van der Waals surface area contributed by atoms with Crippen LogP contribution in [-0.4, -0.2) is 47.4 Å². The van der Waals surface area contributed by atoms with Gasteiger partial charge in [0.1, 0.15) is 12.1 Å². The summed E-state index contributed by atoms with van der Waals surface area (Å²) in [5, 5.41) is 5.70. The SMILES string of the molecule is CC1CC(C)(C)CC2(C1)NC(=O)N(CC(=O)OCC(=O)NC(C)c1ccc3c(c1)CCCC3)C2=O. The largest absolute Gasteiger partial charge is 0.454 e. The van der Waals surface area contributed by atoms with Gasteiger partial charge in [0, 0.05) is 0 Å². The van der Waals surface area contributed by atoms with Crippen molar-refractivity contribution in [3.05, 3.63) is 34.9 Å². The van der Waals surface area contributed by atoms with Gasteiger partial charge >= 0.3 is 12.0 Å². The summed E-state index contributed by atoms with van der Waals surface area (Å²) >= 11 is 0. The molecule has 2 fully saturated rings. The zero-order chi connectivity index (χ0) is 25.4. The molecular formula is C27H37N3O5. The number of urea groups is 1. The highest BCUT2D eigenvalue weighted by Crippen LogP contribution is 2.46. The third-order valence-corrected chi connectivity index (χ3v) is 7.53. The molecule has 35 heavy (non-hydrogen) atoms. The van der Waals surface area contributed by atoms with Gasteiger partial charge in [0.15, 0.2) is 6.61 Å². The predicted octanol–water partition coefficient (Wildman–Crippen LogP) is 3.42. The van der Waals surface area contributed by atoms with Crippen molar-refractivity contribution in [2.45, 2.75) is 84.2 Å². The maximum absolute atomic E-state index is 13.2. The average Bonchev–Trinajstić information content (AvgIpc) is 2.99. The number of fused-ring (bicyclic) bond motifs is 1. The molecule has 1 heterocycles. The first-order valence-electron chi connectivity index (χ1n) is 12.7. The lowest BCUT2D eigenvalue weighted by atomic mass is 9.64. The van der Waals surface area contributed by atoms with Crippen LogP contribution >= 0.6 is 0 Å². The number of carbonyl (C=O) groups excluding carboxylic acids is 4. The van der Waals surface area contributed by atoms with Gasteiger partial charge in [0.25, 0.3) is 11.8 Å². The zero-order valence-corrected chi connectivity index (χ0v) is 21.2. The number of benzene rings is 1. The van der Waals surface area contributed by atoms with E-state index in [4.69, 9.17) is 4.74 Å². The zero-order valence-electron chi connectivity index (χ0n) is 21.2. The molecule has 2 N–H and O–H groups in total. The van der Waals surface area contributed by atoms with E-state index < -0.39 is 36.6 Å². The van der Waals surface area contributed by atoms with E-state index in [1.165, 1.54) is 24.0 Å². The van der Waals surface area contributed by atoms with Gasteiger partial charge in [-0.15, -0.1) is 0 Å². The number of hydrogen-bond acceptors (Lipinski definition) is 5. The Balaban J connectivity index is 1.28. The maximum Gasteiger partial charge on any atom is 0.326 e. The first-order chi connectivity index (χ1) is 16.5. The van der Waals surface area contributed by atoms with Crippen molar-refractivity contribution in [2.75, 3.05) is 13.2 Å². The number of carbonyl (C=O) groups is 4. The quantitative estimate of drug-likeness (QED) is 0.477. The van der Waals surface area contributed by atoms with Crippen LogP contribution in [0.1, 0.15) is 82.5 Å². The maximum atomic E-state index is 13.2. The molecule has 1 aromatic carbocycles. The Bertz CT molecular complexity index is 1040. The Labute approximate surface area is 207 Å². The fourth-order valence-corrected chi connectivity index (χ4v) is 6.36.